The summed E-state index contributed by atoms with van der Waals surface area (Å²) in [4.78, 5) is 25.3. The van der Waals surface area contributed by atoms with Crippen LogP contribution >= 0.6 is 11.3 Å². The molecule has 4 atom stereocenters. The summed E-state index contributed by atoms with van der Waals surface area (Å²) in [6.45, 7) is 4.49. The summed E-state index contributed by atoms with van der Waals surface area (Å²) in [5.41, 5.74) is 2.35. The molecule has 1 aromatic rings. The topological polar surface area (TPSA) is 69.2 Å². The van der Waals surface area contributed by atoms with Gasteiger partial charge >= 0.3 is 0 Å². The number of carboxylic acid groups (broad SMARTS) is 1. The van der Waals surface area contributed by atoms with Crippen LogP contribution in [0.3, 0.4) is 0 Å². The van der Waals surface area contributed by atoms with Crippen LogP contribution in [0.25, 0.3) is 0 Å². The molecule has 0 unspecified atom stereocenters. The van der Waals surface area contributed by atoms with Gasteiger partial charge in [-0.1, -0.05) is 17.2 Å². The molecule has 1 aromatic heterocycles. The molecule has 0 saturated heterocycles. The van der Waals surface area contributed by atoms with Gasteiger partial charge in [0, 0.05) is 16.8 Å². The number of fused-ring (bicyclic) bond motifs is 2. The first-order valence-electron chi connectivity index (χ1n) is 7.69. The molecule has 0 aromatic carbocycles. The third kappa shape index (κ3) is 2.47. The minimum atomic E-state index is -1.08. The van der Waals surface area contributed by atoms with Gasteiger partial charge in [-0.25, -0.2) is 0 Å². The second-order valence-electron chi connectivity index (χ2n) is 6.41. The van der Waals surface area contributed by atoms with Gasteiger partial charge in [0.2, 0.25) is 5.91 Å². The molecule has 2 bridgehead atoms. The predicted molar refractivity (Wildman–Crippen MR) is 82.7 cm³/mol. The van der Waals surface area contributed by atoms with E-state index in [2.05, 4.69) is 5.32 Å². The largest absolute Gasteiger partial charge is 0.550 e. The van der Waals surface area contributed by atoms with Gasteiger partial charge in [-0.05, 0) is 50.0 Å². The SMILES string of the molecule is CC(C)=C1[C@H]2CC[C@@H]1[C@H](C(=O)[O-])[C@@H]2C(=O)NCc1cccs1. The van der Waals surface area contributed by atoms with Gasteiger partial charge < -0.3 is 15.2 Å². The van der Waals surface area contributed by atoms with Crippen LogP contribution in [0.15, 0.2) is 28.7 Å². The molecular formula is C17H20NO3S-. The van der Waals surface area contributed by atoms with Crippen molar-refractivity contribution >= 4 is 23.2 Å². The zero-order valence-electron chi connectivity index (χ0n) is 12.8. The number of nitrogens with one attached hydrogen (secondary N) is 1. The van der Waals surface area contributed by atoms with Crippen molar-refractivity contribution < 1.29 is 14.7 Å². The second kappa shape index (κ2) is 5.88. The van der Waals surface area contributed by atoms with Gasteiger partial charge in [0.25, 0.3) is 0 Å². The molecule has 2 aliphatic rings. The Morgan fingerprint density at radius 2 is 1.95 bits per heavy atom. The molecule has 3 rings (SSSR count). The Morgan fingerprint density at radius 3 is 2.50 bits per heavy atom. The Bertz CT molecular complexity index is 616. The van der Waals surface area contributed by atoms with E-state index in [1.165, 1.54) is 5.57 Å². The third-order valence-corrected chi connectivity index (χ3v) is 5.89. The van der Waals surface area contributed by atoms with E-state index in [0.29, 0.717) is 6.54 Å². The standard InChI is InChI=1S/C17H21NO3S/c1-9(2)13-11-5-6-12(13)15(17(20)21)14(11)16(19)18-8-10-4-3-7-22-10/h3-4,7,11-12,14-15H,5-6,8H2,1-2H3,(H,18,19)(H,20,21)/p-1/t11-,12+,14-,15+/m1/s1. The van der Waals surface area contributed by atoms with Crippen molar-refractivity contribution in [2.75, 3.05) is 0 Å². The summed E-state index contributed by atoms with van der Waals surface area (Å²) < 4.78 is 0. The highest BCUT2D eigenvalue weighted by Crippen LogP contribution is 2.56. The number of carbonyl (C=O) groups is 2. The number of aliphatic carboxylic acids is 1. The smallest absolute Gasteiger partial charge is 0.224 e. The van der Waals surface area contributed by atoms with Crippen molar-refractivity contribution in [1.29, 1.82) is 0 Å². The first-order valence-corrected chi connectivity index (χ1v) is 8.57. The number of carboxylic acids is 1. The molecule has 1 amide bonds. The van der Waals surface area contributed by atoms with Crippen molar-refractivity contribution in [3.05, 3.63) is 33.5 Å². The molecule has 0 spiro atoms. The Morgan fingerprint density at radius 1 is 1.27 bits per heavy atom. The van der Waals surface area contributed by atoms with Crippen molar-refractivity contribution in [3.63, 3.8) is 0 Å². The molecule has 1 N–H and O–H groups in total. The van der Waals surface area contributed by atoms with Crippen LogP contribution in [0.4, 0.5) is 0 Å². The van der Waals surface area contributed by atoms with Crippen LogP contribution < -0.4 is 10.4 Å². The van der Waals surface area contributed by atoms with Gasteiger partial charge in [-0.2, -0.15) is 0 Å². The fourth-order valence-electron chi connectivity index (χ4n) is 4.30. The zero-order valence-corrected chi connectivity index (χ0v) is 13.6. The molecule has 5 heteroatoms. The Balaban J connectivity index is 1.80. The maximum absolute atomic E-state index is 12.6. The average molecular weight is 318 g/mol. The van der Waals surface area contributed by atoms with E-state index in [4.69, 9.17) is 0 Å². The quantitative estimate of drug-likeness (QED) is 0.860. The predicted octanol–water partition coefficient (Wildman–Crippen LogP) is 1.72. The third-order valence-electron chi connectivity index (χ3n) is 5.01. The lowest BCUT2D eigenvalue weighted by atomic mass is 9.79. The fourth-order valence-corrected chi connectivity index (χ4v) is 4.94. The van der Waals surface area contributed by atoms with Crippen molar-refractivity contribution in [3.8, 4) is 0 Å². The summed E-state index contributed by atoms with van der Waals surface area (Å²) in [6.07, 6.45) is 1.77. The highest BCUT2D eigenvalue weighted by Gasteiger charge is 2.54. The Labute approximate surface area is 134 Å². The van der Waals surface area contributed by atoms with Crippen LogP contribution in [-0.2, 0) is 16.1 Å². The highest BCUT2D eigenvalue weighted by molar-refractivity contribution is 7.09. The number of hydrogen-bond acceptors (Lipinski definition) is 4. The fraction of sp³-hybridized carbons (Fsp3) is 0.529. The first-order chi connectivity index (χ1) is 10.5. The number of amides is 1. The summed E-state index contributed by atoms with van der Waals surface area (Å²) in [6, 6.07) is 3.90. The van der Waals surface area contributed by atoms with E-state index < -0.39 is 17.8 Å². The summed E-state index contributed by atoms with van der Waals surface area (Å²) >= 11 is 1.58. The molecule has 118 valence electrons. The van der Waals surface area contributed by atoms with Crippen molar-refractivity contribution in [2.45, 2.75) is 33.2 Å². The molecule has 22 heavy (non-hydrogen) atoms. The number of thiophene rings is 1. The average Bonchev–Trinajstić information content (AvgIpc) is 3.17. The van der Waals surface area contributed by atoms with E-state index in [9.17, 15) is 14.7 Å². The Hall–Kier alpha value is -1.62. The molecule has 2 saturated carbocycles. The second-order valence-corrected chi connectivity index (χ2v) is 7.45. The minimum Gasteiger partial charge on any atom is -0.550 e. The van der Waals surface area contributed by atoms with E-state index in [-0.39, 0.29) is 17.7 Å². The lowest BCUT2D eigenvalue weighted by Crippen LogP contribution is -2.45. The van der Waals surface area contributed by atoms with Crippen LogP contribution in [0, 0.1) is 23.7 Å². The van der Waals surface area contributed by atoms with Crippen molar-refractivity contribution in [1.82, 2.24) is 5.32 Å². The van der Waals surface area contributed by atoms with E-state index >= 15 is 0 Å². The zero-order chi connectivity index (χ0) is 15.9. The maximum atomic E-state index is 12.6. The molecule has 2 fully saturated rings. The van der Waals surface area contributed by atoms with Gasteiger partial charge in [-0.15, -0.1) is 11.3 Å². The molecule has 0 aliphatic heterocycles. The molecule has 1 heterocycles. The van der Waals surface area contributed by atoms with Gasteiger partial charge in [-0.3, -0.25) is 4.79 Å². The summed E-state index contributed by atoms with van der Waals surface area (Å²) in [5.74, 6) is -2.32. The first kappa shape index (κ1) is 15.3. The normalized spacial score (nSPS) is 29.6. The van der Waals surface area contributed by atoms with E-state index in [0.717, 1.165) is 23.3 Å². The van der Waals surface area contributed by atoms with E-state index in [1.54, 1.807) is 11.3 Å². The number of allylic oxidation sites excluding steroid dienone is 2. The maximum Gasteiger partial charge on any atom is 0.224 e. The molecule has 2 aliphatic carbocycles. The monoisotopic (exact) mass is 318 g/mol. The van der Waals surface area contributed by atoms with Gasteiger partial charge in [0.1, 0.15) is 0 Å². The van der Waals surface area contributed by atoms with Crippen molar-refractivity contribution in [2.24, 2.45) is 23.7 Å². The number of carbonyl (C=O) groups excluding carboxylic acids is 2. The minimum absolute atomic E-state index is 0.0162. The van der Waals surface area contributed by atoms with Crippen LogP contribution in [-0.4, -0.2) is 11.9 Å². The highest BCUT2D eigenvalue weighted by atomic mass is 32.1. The molecule has 0 radical (unpaired) electrons. The van der Waals surface area contributed by atoms with Gasteiger partial charge in [0.15, 0.2) is 0 Å². The van der Waals surface area contributed by atoms with Crippen LogP contribution in [0.5, 0.6) is 0 Å². The number of hydrogen-bond donors (Lipinski definition) is 1. The lowest BCUT2D eigenvalue weighted by Gasteiger charge is -2.30. The van der Waals surface area contributed by atoms with Crippen LogP contribution in [0.1, 0.15) is 31.6 Å². The molecular weight excluding hydrogens is 298 g/mol. The lowest BCUT2D eigenvalue weighted by molar-refractivity contribution is -0.314. The summed E-state index contributed by atoms with van der Waals surface area (Å²) in [5, 5.41) is 16.5. The van der Waals surface area contributed by atoms with Gasteiger partial charge in [0.05, 0.1) is 12.5 Å². The van der Waals surface area contributed by atoms with E-state index in [1.807, 2.05) is 31.4 Å². The Kier molecular flexibility index (Phi) is 4.08. The number of rotatable bonds is 4. The van der Waals surface area contributed by atoms with Crippen LogP contribution in [0.2, 0.25) is 0 Å². The summed E-state index contributed by atoms with van der Waals surface area (Å²) in [7, 11) is 0. The molecule has 4 nitrogen and oxygen atoms in total.